The normalized spacial score (nSPS) is 13.6. The fraction of sp³-hybridized carbons (Fsp3) is 0.0779. The summed E-state index contributed by atoms with van der Waals surface area (Å²) in [4.78, 5) is 7.37. The van der Waals surface area contributed by atoms with Gasteiger partial charge in [0.25, 0.3) is 0 Å². The van der Waals surface area contributed by atoms with E-state index >= 15 is 0 Å². The Morgan fingerprint density at radius 3 is 1.68 bits per heavy atom. The molecule has 0 saturated carbocycles. The second-order valence-corrected chi connectivity index (χ2v) is 23.4. The van der Waals surface area contributed by atoms with Crippen LogP contribution in [0.5, 0.6) is 11.5 Å². The fourth-order valence-corrected chi connectivity index (χ4v) is 14.4. The van der Waals surface area contributed by atoms with Crippen LogP contribution in [0.1, 0.15) is 48.6 Å². The third-order valence-electron chi connectivity index (χ3n) is 18.1. The smallest absolute Gasteiger partial charge is 0.137 e. The first-order chi connectivity index (χ1) is 40.3. The minimum Gasteiger partial charge on any atom is -0.457 e. The summed E-state index contributed by atoms with van der Waals surface area (Å²) < 4.78 is 11.7. The molecule has 5 heteroatoms. The zero-order valence-electron chi connectivity index (χ0n) is 45.7. The molecule has 4 heterocycles. The summed E-state index contributed by atoms with van der Waals surface area (Å²) in [6.45, 7) is 7.35. The van der Waals surface area contributed by atoms with Gasteiger partial charge in [0, 0.05) is 45.6 Å². The second kappa shape index (κ2) is 17.4. The Balaban J connectivity index is 0.815. The Hall–Kier alpha value is -10.2. The van der Waals surface area contributed by atoms with Crippen molar-refractivity contribution in [2.24, 2.45) is 0 Å². The van der Waals surface area contributed by atoms with E-state index in [1.54, 1.807) is 0 Å². The number of aromatic nitrogens is 3. The van der Waals surface area contributed by atoms with E-state index in [9.17, 15) is 0 Å². The molecule has 0 fully saturated rings. The number of anilines is 2. The highest BCUT2D eigenvalue weighted by Crippen LogP contribution is 2.63. The second-order valence-electron chi connectivity index (χ2n) is 23.4. The molecule has 0 bridgehead atoms. The highest BCUT2D eigenvalue weighted by atomic mass is 16.5. The van der Waals surface area contributed by atoms with Crippen LogP contribution in [0.25, 0.3) is 104 Å². The first-order valence-corrected chi connectivity index (χ1v) is 28.5. The largest absolute Gasteiger partial charge is 0.457 e. The number of hydrogen-bond donors (Lipinski definition) is 0. The number of hydrogen-bond acceptors (Lipinski definition) is 3. The average Bonchev–Trinajstić information content (AvgIpc) is 2.97. The number of nitrogens with zero attached hydrogens (tertiary/aromatic N) is 4. The predicted molar refractivity (Wildman–Crippen MR) is 340 cm³/mol. The molecule has 17 rings (SSSR count). The van der Waals surface area contributed by atoms with Gasteiger partial charge in [-0.3, -0.25) is 4.57 Å². The summed E-state index contributed by atoms with van der Waals surface area (Å²) in [6, 6.07) is 94.4. The summed E-state index contributed by atoms with van der Waals surface area (Å²) in [7, 11) is 0. The quantitative estimate of drug-likeness (QED) is 0.172. The lowest BCUT2D eigenvalue weighted by molar-refractivity contribution is 0.483. The molecular formula is C77H54N4O. The van der Waals surface area contributed by atoms with E-state index in [1.807, 2.05) is 6.20 Å². The number of benzene rings is 11. The van der Waals surface area contributed by atoms with Crippen LogP contribution in [0.15, 0.2) is 261 Å². The van der Waals surface area contributed by atoms with Crippen molar-refractivity contribution in [2.45, 2.75) is 38.3 Å². The van der Waals surface area contributed by atoms with Crippen LogP contribution in [0.4, 0.5) is 11.4 Å². The van der Waals surface area contributed by atoms with Gasteiger partial charge in [0.15, 0.2) is 0 Å². The first-order valence-electron chi connectivity index (χ1n) is 28.5. The van der Waals surface area contributed by atoms with E-state index < -0.39 is 5.41 Å². The van der Waals surface area contributed by atoms with Crippen molar-refractivity contribution in [1.29, 1.82) is 0 Å². The van der Waals surface area contributed by atoms with Crippen molar-refractivity contribution in [3.63, 3.8) is 0 Å². The Bertz CT molecular complexity index is 5060. The predicted octanol–water partition coefficient (Wildman–Crippen LogP) is 19.9. The number of rotatable bonds is 5. The van der Waals surface area contributed by atoms with E-state index in [2.05, 4.69) is 290 Å². The standard InChI is InChI=1S/C77H54N4O/c1-76(2,3)50-40-41-78-74(44-50)81-71-32-15-10-26-62(71)63-39-36-53(46-73(63)81)82-52-19-16-18-51(45-52)79-47-80-70-31-14-9-25-61(70)54-20-4-5-21-55(54)65-42-48(34-37-56(65)64-27-17-33-72(79)75(64)80)49-35-38-60-59-24-8-13-30-68(59)77(69(60)43-49)66-28-11-6-22-57(66)58-23-7-12-29-67(58)77/h4-46H,47H2,1-3H3. The Morgan fingerprint density at radius 1 is 0.402 bits per heavy atom. The van der Waals surface area contributed by atoms with Gasteiger partial charge >= 0.3 is 0 Å². The molecule has 3 aliphatic rings. The Morgan fingerprint density at radius 2 is 0.951 bits per heavy atom. The third-order valence-corrected chi connectivity index (χ3v) is 18.1. The highest BCUT2D eigenvalue weighted by Gasteiger charge is 2.51. The molecule has 0 atom stereocenters. The van der Waals surface area contributed by atoms with E-state index in [4.69, 9.17) is 9.72 Å². The van der Waals surface area contributed by atoms with Gasteiger partial charge in [-0.1, -0.05) is 197 Å². The molecule has 14 aromatic rings. The number of ether oxygens (including phenoxy) is 1. The summed E-state index contributed by atoms with van der Waals surface area (Å²) >= 11 is 0. The molecule has 5 nitrogen and oxygen atoms in total. The molecule has 0 unspecified atom stereocenters. The van der Waals surface area contributed by atoms with E-state index in [1.165, 1.54) is 110 Å². The fourth-order valence-electron chi connectivity index (χ4n) is 14.4. The topological polar surface area (TPSA) is 35.2 Å². The van der Waals surface area contributed by atoms with Crippen LogP contribution in [0, 0.1) is 0 Å². The first kappa shape index (κ1) is 46.7. The highest BCUT2D eigenvalue weighted by molar-refractivity contribution is 6.21. The minimum absolute atomic E-state index is 0.0236. The van der Waals surface area contributed by atoms with Gasteiger partial charge in [-0.25, -0.2) is 4.98 Å². The third kappa shape index (κ3) is 6.65. The van der Waals surface area contributed by atoms with Crippen LogP contribution < -0.4 is 9.64 Å². The van der Waals surface area contributed by atoms with Gasteiger partial charge in [0.1, 0.15) is 24.0 Å². The molecule has 0 saturated heterocycles. The summed E-state index contributed by atoms with van der Waals surface area (Å²) in [6.07, 6.45) is 1.93. The van der Waals surface area contributed by atoms with Gasteiger partial charge in [0.05, 0.1) is 33.2 Å². The van der Waals surface area contributed by atoms with Crippen LogP contribution in [0.2, 0.25) is 0 Å². The number of para-hydroxylation sites is 3. The van der Waals surface area contributed by atoms with Crippen molar-refractivity contribution in [2.75, 3.05) is 4.90 Å². The lowest BCUT2D eigenvalue weighted by Crippen LogP contribution is -2.25. The van der Waals surface area contributed by atoms with Gasteiger partial charge in [-0.05, 0) is 155 Å². The van der Waals surface area contributed by atoms with Crippen molar-refractivity contribution in [3.05, 3.63) is 289 Å². The molecule has 3 aromatic heterocycles. The number of pyridine rings is 1. The zero-order chi connectivity index (χ0) is 54.4. The van der Waals surface area contributed by atoms with Crippen LogP contribution in [0.3, 0.4) is 0 Å². The molecule has 0 amide bonds. The minimum atomic E-state index is -0.424. The molecule has 388 valence electrons. The van der Waals surface area contributed by atoms with Crippen LogP contribution in [-0.2, 0) is 17.5 Å². The van der Waals surface area contributed by atoms with Crippen molar-refractivity contribution >= 4 is 76.5 Å². The van der Waals surface area contributed by atoms with Gasteiger partial charge in [-0.15, -0.1) is 0 Å². The Kier molecular flexibility index (Phi) is 9.89. The molecule has 2 aliphatic carbocycles. The maximum absolute atomic E-state index is 6.90. The maximum Gasteiger partial charge on any atom is 0.137 e. The SMILES string of the molecule is CC(C)(C)c1ccnc(-n2c3ccccc3c3ccc(Oc4cccc(N5Cn6c7ccccc7c7ccccc7c7cc(-c8ccc9c(c8)C8(c%10ccccc%10-c%10ccccc%108)c8ccccc8-9)ccc7c7cccc5c76)c4)cc32)c1. The van der Waals surface area contributed by atoms with Crippen LogP contribution >= 0.6 is 0 Å². The van der Waals surface area contributed by atoms with Gasteiger partial charge < -0.3 is 14.2 Å². The lowest BCUT2D eigenvalue weighted by atomic mass is 9.70. The lowest BCUT2D eigenvalue weighted by Gasteiger charge is -2.30. The molecule has 1 aliphatic heterocycles. The average molecular weight is 1050 g/mol. The number of fused-ring (bicyclic) bond motifs is 20. The van der Waals surface area contributed by atoms with Gasteiger partial charge in [0.2, 0.25) is 0 Å². The monoisotopic (exact) mass is 1050 g/mol. The molecule has 11 aromatic carbocycles. The maximum atomic E-state index is 6.90. The van der Waals surface area contributed by atoms with E-state index in [-0.39, 0.29) is 5.41 Å². The summed E-state index contributed by atoms with van der Waals surface area (Å²) in [5, 5.41) is 9.54. The van der Waals surface area contributed by atoms with Gasteiger partial charge in [-0.2, -0.15) is 0 Å². The molecule has 82 heavy (non-hydrogen) atoms. The van der Waals surface area contributed by atoms with Crippen molar-refractivity contribution in [3.8, 4) is 50.7 Å². The molecule has 0 radical (unpaired) electrons. The zero-order valence-corrected chi connectivity index (χ0v) is 45.7. The van der Waals surface area contributed by atoms with Crippen LogP contribution in [-0.4, -0.2) is 14.1 Å². The summed E-state index contributed by atoms with van der Waals surface area (Å²) in [5.41, 5.74) is 20.5. The molecule has 1 spiro atoms. The van der Waals surface area contributed by atoms with Crippen molar-refractivity contribution < 1.29 is 4.74 Å². The summed E-state index contributed by atoms with van der Waals surface area (Å²) in [5.74, 6) is 2.42. The molecule has 0 N–H and O–H groups in total. The molecular weight excluding hydrogens is 997 g/mol. The van der Waals surface area contributed by atoms with E-state index in [0.717, 1.165) is 45.1 Å². The Labute approximate surface area is 475 Å². The van der Waals surface area contributed by atoms with Crippen molar-refractivity contribution in [1.82, 2.24) is 14.1 Å². The van der Waals surface area contributed by atoms with E-state index in [0.29, 0.717) is 6.67 Å².